The summed E-state index contributed by atoms with van der Waals surface area (Å²) in [5.74, 6) is -1.20. The topological polar surface area (TPSA) is 83.8 Å². The zero-order chi connectivity index (χ0) is 15.2. The summed E-state index contributed by atoms with van der Waals surface area (Å²) in [6.07, 6.45) is 0. The van der Waals surface area contributed by atoms with Crippen molar-refractivity contribution in [3.8, 4) is 5.75 Å². The average Bonchev–Trinajstić information content (AvgIpc) is 2.92. The maximum Gasteiger partial charge on any atom is 0.346 e. The predicted octanol–water partition coefficient (Wildman–Crippen LogP) is 3.20. The highest BCUT2D eigenvalue weighted by Gasteiger charge is 2.11. The van der Waals surface area contributed by atoms with Crippen LogP contribution in [0, 0.1) is 0 Å². The molecule has 0 radical (unpaired) electrons. The summed E-state index contributed by atoms with van der Waals surface area (Å²) in [6.45, 7) is 0.187. The summed E-state index contributed by atoms with van der Waals surface area (Å²) in [7, 11) is 0. The monoisotopic (exact) mass is 324 g/mol. The molecule has 0 bridgehead atoms. The number of aliphatic carboxylic acids is 1. The summed E-state index contributed by atoms with van der Waals surface area (Å²) in [5, 5.41) is 19.3. The molecule has 0 aliphatic rings. The quantitative estimate of drug-likeness (QED) is 0.761. The molecule has 1 heterocycles. The van der Waals surface area contributed by atoms with Crippen LogP contribution in [0.1, 0.15) is 15.2 Å². The SMILES string of the molecule is O=C(O)CSc1ccc(OCc2ccsc2C(=O)O)cc1. The zero-order valence-electron chi connectivity index (χ0n) is 10.8. The molecule has 0 fully saturated rings. The van der Waals surface area contributed by atoms with Gasteiger partial charge in [-0.05, 0) is 35.7 Å². The van der Waals surface area contributed by atoms with Crippen LogP contribution in [-0.4, -0.2) is 27.9 Å². The molecule has 0 saturated heterocycles. The number of thioether (sulfide) groups is 1. The van der Waals surface area contributed by atoms with Gasteiger partial charge in [-0.1, -0.05) is 0 Å². The van der Waals surface area contributed by atoms with Crippen LogP contribution in [-0.2, 0) is 11.4 Å². The minimum Gasteiger partial charge on any atom is -0.489 e. The molecule has 1 aromatic carbocycles. The van der Waals surface area contributed by atoms with E-state index in [0.717, 1.165) is 4.90 Å². The van der Waals surface area contributed by atoms with Crippen molar-refractivity contribution in [2.24, 2.45) is 0 Å². The molecule has 5 nitrogen and oxygen atoms in total. The number of hydrogen-bond acceptors (Lipinski definition) is 5. The fourth-order valence-electron chi connectivity index (χ4n) is 1.58. The maximum atomic E-state index is 11.0. The summed E-state index contributed by atoms with van der Waals surface area (Å²) in [5.41, 5.74) is 0.636. The Morgan fingerprint density at radius 1 is 1.14 bits per heavy atom. The number of carbonyl (C=O) groups is 2. The van der Waals surface area contributed by atoms with E-state index >= 15 is 0 Å². The summed E-state index contributed by atoms with van der Waals surface area (Å²) in [4.78, 5) is 22.6. The third-order valence-electron chi connectivity index (χ3n) is 2.52. The molecule has 21 heavy (non-hydrogen) atoms. The van der Waals surface area contributed by atoms with E-state index in [1.54, 1.807) is 35.7 Å². The molecule has 110 valence electrons. The second kappa shape index (κ2) is 7.14. The van der Waals surface area contributed by atoms with Crippen LogP contribution in [0.15, 0.2) is 40.6 Å². The third kappa shape index (κ3) is 4.51. The van der Waals surface area contributed by atoms with E-state index in [2.05, 4.69) is 0 Å². The van der Waals surface area contributed by atoms with E-state index in [-0.39, 0.29) is 17.2 Å². The second-order valence-electron chi connectivity index (χ2n) is 4.02. The van der Waals surface area contributed by atoms with Gasteiger partial charge in [-0.15, -0.1) is 23.1 Å². The first-order chi connectivity index (χ1) is 10.1. The molecule has 0 aliphatic heterocycles. The van der Waals surface area contributed by atoms with Gasteiger partial charge in [0.15, 0.2) is 0 Å². The van der Waals surface area contributed by atoms with E-state index in [1.807, 2.05) is 0 Å². The van der Waals surface area contributed by atoms with Gasteiger partial charge < -0.3 is 14.9 Å². The third-order valence-corrected chi connectivity index (χ3v) is 4.46. The molecule has 0 unspecified atom stereocenters. The van der Waals surface area contributed by atoms with Gasteiger partial charge in [0.1, 0.15) is 17.2 Å². The number of carboxylic acid groups (broad SMARTS) is 2. The lowest BCUT2D eigenvalue weighted by atomic mass is 10.2. The lowest BCUT2D eigenvalue weighted by Gasteiger charge is -2.06. The number of aromatic carboxylic acids is 1. The van der Waals surface area contributed by atoms with Crippen molar-refractivity contribution in [3.63, 3.8) is 0 Å². The van der Waals surface area contributed by atoms with Crippen LogP contribution in [0.2, 0.25) is 0 Å². The number of hydrogen-bond donors (Lipinski definition) is 2. The van der Waals surface area contributed by atoms with Crippen molar-refractivity contribution in [1.82, 2.24) is 0 Å². The van der Waals surface area contributed by atoms with E-state index in [0.29, 0.717) is 11.3 Å². The lowest BCUT2D eigenvalue weighted by molar-refractivity contribution is -0.133. The Labute approximate surface area is 129 Å². The summed E-state index contributed by atoms with van der Waals surface area (Å²) < 4.78 is 5.54. The zero-order valence-corrected chi connectivity index (χ0v) is 12.4. The van der Waals surface area contributed by atoms with Crippen molar-refractivity contribution in [2.45, 2.75) is 11.5 Å². The fraction of sp³-hybridized carbons (Fsp3) is 0.143. The number of benzene rings is 1. The van der Waals surface area contributed by atoms with Gasteiger partial charge in [0.05, 0.1) is 5.75 Å². The first kappa shape index (κ1) is 15.4. The molecule has 2 N–H and O–H groups in total. The number of rotatable bonds is 7. The van der Waals surface area contributed by atoms with E-state index < -0.39 is 11.9 Å². The summed E-state index contributed by atoms with van der Waals surface area (Å²) in [6, 6.07) is 8.74. The molecule has 0 saturated carbocycles. The number of carboxylic acids is 2. The van der Waals surface area contributed by atoms with Gasteiger partial charge in [-0.3, -0.25) is 4.79 Å². The van der Waals surface area contributed by atoms with Gasteiger partial charge in [0.25, 0.3) is 0 Å². The number of thiophene rings is 1. The Bertz CT molecular complexity index is 633. The van der Waals surface area contributed by atoms with Crippen LogP contribution >= 0.6 is 23.1 Å². The maximum absolute atomic E-state index is 11.0. The minimum atomic E-state index is -0.955. The number of ether oxygens (including phenoxy) is 1. The van der Waals surface area contributed by atoms with Crippen molar-refractivity contribution in [3.05, 3.63) is 46.2 Å². The van der Waals surface area contributed by atoms with E-state index in [1.165, 1.54) is 23.1 Å². The standard InChI is InChI=1S/C14H12O5S2/c15-12(16)8-21-11-3-1-10(2-4-11)19-7-9-5-6-20-13(9)14(17)18/h1-6H,7-8H2,(H,15,16)(H,17,18). The molecule has 0 spiro atoms. The molecule has 2 aromatic rings. The van der Waals surface area contributed by atoms with Gasteiger partial charge in [0, 0.05) is 10.5 Å². The average molecular weight is 324 g/mol. The molecular weight excluding hydrogens is 312 g/mol. The Hall–Kier alpha value is -1.99. The first-order valence-electron chi connectivity index (χ1n) is 5.93. The molecule has 0 atom stereocenters. The minimum absolute atomic E-state index is 0.0110. The smallest absolute Gasteiger partial charge is 0.346 e. The lowest BCUT2D eigenvalue weighted by Crippen LogP contribution is -2.01. The Balaban J connectivity index is 1.93. The fourth-order valence-corrected chi connectivity index (χ4v) is 2.94. The Morgan fingerprint density at radius 3 is 2.48 bits per heavy atom. The molecule has 0 aliphatic carbocycles. The van der Waals surface area contributed by atoms with Crippen molar-refractivity contribution in [1.29, 1.82) is 0 Å². The normalized spacial score (nSPS) is 10.3. The van der Waals surface area contributed by atoms with Crippen LogP contribution in [0.5, 0.6) is 5.75 Å². The molecule has 2 rings (SSSR count). The molecule has 7 heteroatoms. The van der Waals surface area contributed by atoms with E-state index in [4.69, 9.17) is 14.9 Å². The van der Waals surface area contributed by atoms with Crippen LogP contribution in [0.25, 0.3) is 0 Å². The van der Waals surface area contributed by atoms with Crippen LogP contribution in [0.3, 0.4) is 0 Å². The van der Waals surface area contributed by atoms with Crippen molar-refractivity contribution in [2.75, 3.05) is 5.75 Å². The second-order valence-corrected chi connectivity index (χ2v) is 5.99. The van der Waals surface area contributed by atoms with Crippen LogP contribution in [0.4, 0.5) is 0 Å². The molecule has 1 aromatic heterocycles. The van der Waals surface area contributed by atoms with Gasteiger partial charge in [-0.25, -0.2) is 4.79 Å². The van der Waals surface area contributed by atoms with Crippen LogP contribution < -0.4 is 4.74 Å². The predicted molar refractivity (Wildman–Crippen MR) is 80.4 cm³/mol. The van der Waals surface area contributed by atoms with Gasteiger partial charge >= 0.3 is 11.9 Å². The highest BCUT2D eigenvalue weighted by molar-refractivity contribution is 8.00. The van der Waals surface area contributed by atoms with Crippen molar-refractivity contribution < 1.29 is 24.5 Å². The highest BCUT2D eigenvalue weighted by Crippen LogP contribution is 2.23. The Kier molecular flexibility index (Phi) is 5.24. The van der Waals surface area contributed by atoms with Gasteiger partial charge in [-0.2, -0.15) is 0 Å². The van der Waals surface area contributed by atoms with Gasteiger partial charge in [0.2, 0.25) is 0 Å². The molecular formula is C14H12O5S2. The molecule has 0 amide bonds. The van der Waals surface area contributed by atoms with E-state index in [9.17, 15) is 9.59 Å². The first-order valence-corrected chi connectivity index (χ1v) is 7.80. The summed E-state index contributed by atoms with van der Waals surface area (Å²) >= 11 is 2.39. The largest absolute Gasteiger partial charge is 0.489 e. The highest BCUT2D eigenvalue weighted by atomic mass is 32.2. The Morgan fingerprint density at radius 2 is 1.86 bits per heavy atom. The van der Waals surface area contributed by atoms with Crippen molar-refractivity contribution >= 4 is 35.0 Å².